The second-order valence-corrected chi connectivity index (χ2v) is 5.90. The Kier molecular flexibility index (Phi) is 3.36. The maximum absolute atomic E-state index is 10.7. The van der Waals surface area contributed by atoms with Crippen molar-refractivity contribution in [2.45, 2.75) is 24.3 Å². The highest BCUT2D eigenvalue weighted by atomic mass is 32.2. The molecule has 0 amide bonds. The van der Waals surface area contributed by atoms with Crippen LogP contribution < -0.4 is 4.31 Å². The molecular weight excluding hydrogens is 272 g/mol. The van der Waals surface area contributed by atoms with Gasteiger partial charge in [-0.2, -0.15) is 0 Å². The SMILES string of the molecule is C[C@H]1Cc2ccccc2N1Sc1ccc([N+](=O)[O-])cc1. The topological polar surface area (TPSA) is 46.4 Å². The van der Waals surface area contributed by atoms with Crippen LogP contribution in [0.1, 0.15) is 12.5 Å². The molecule has 0 bridgehead atoms. The van der Waals surface area contributed by atoms with E-state index in [1.807, 2.05) is 6.07 Å². The Balaban J connectivity index is 1.82. The van der Waals surface area contributed by atoms with E-state index in [2.05, 4.69) is 29.4 Å². The first-order chi connectivity index (χ1) is 9.65. The number of para-hydroxylation sites is 1. The minimum absolute atomic E-state index is 0.129. The van der Waals surface area contributed by atoms with Crippen LogP contribution in [0.4, 0.5) is 11.4 Å². The molecule has 2 aromatic carbocycles. The lowest BCUT2D eigenvalue weighted by molar-refractivity contribution is -0.384. The second-order valence-electron chi connectivity index (χ2n) is 4.85. The Bertz CT molecular complexity index is 643. The molecule has 4 nitrogen and oxygen atoms in total. The Morgan fingerprint density at radius 1 is 1.20 bits per heavy atom. The van der Waals surface area contributed by atoms with E-state index < -0.39 is 0 Å². The molecule has 2 aromatic rings. The largest absolute Gasteiger partial charge is 0.309 e. The molecule has 5 heteroatoms. The van der Waals surface area contributed by atoms with Gasteiger partial charge in [0, 0.05) is 23.1 Å². The van der Waals surface area contributed by atoms with E-state index >= 15 is 0 Å². The maximum Gasteiger partial charge on any atom is 0.269 e. The molecule has 0 spiro atoms. The number of rotatable bonds is 3. The number of nitro benzene ring substituents is 1. The summed E-state index contributed by atoms with van der Waals surface area (Å²) < 4.78 is 2.27. The van der Waals surface area contributed by atoms with Crippen molar-refractivity contribution in [2.24, 2.45) is 0 Å². The van der Waals surface area contributed by atoms with E-state index in [0.29, 0.717) is 6.04 Å². The van der Waals surface area contributed by atoms with Crippen molar-refractivity contribution in [3.63, 3.8) is 0 Å². The van der Waals surface area contributed by atoms with Gasteiger partial charge in [0.05, 0.1) is 10.6 Å². The van der Waals surface area contributed by atoms with Gasteiger partial charge in [-0.15, -0.1) is 0 Å². The van der Waals surface area contributed by atoms with Crippen LogP contribution >= 0.6 is 11.9 Å². The van der Waals surface area contributed by atoms with Gasteiger partial charge in [-0.3, -0.25) is 10.1 Å². The molecule has 0 radical (unpaired) electrons. The lowest BCUT2D eigenvalue weighted by Gasteiger charge is -2.23. The van der Waals surface area contributed by atoms with Crippen LogP contribution in [0, 0.1) is 10.1 Å². The van der Waals surface area contributed by atoms with Gasteiger partial charge in [0.25, 0.3) is 5.69 Å². The molecule has 0 aromatic heterocycles. The van der Waals surface area contributed by atoms with Crippen molar-refractivity contribution < 1.29 is 4.92 Å². The number of non-ortho nitro benzene ring substituents is 1. The van der Waals surface area contributed by atoms with Crippen molar-refractivity contribution in [3.8, 4) is 0 Å². The lowest BCUT2D eigenvalue weighted by Crippen LogP contribution is -2.21. The van der Waals surface area contributed by atoms with Gasteiger partial charge in [-0.05, 0) is 49.1 Å². The van der Waals surface area contributed by atoms with Crippen LogP contribution in [0.3, 0.4) is 0 Å². The van der Waals surface area contributed by atoms with Gasteiger partial charge in [-0.1, -0.05) is 18.2 Å². The Labute approximate surface area is 121 Å². The summed E-state index contributed by atoms with van der Waals surface area (Å²) in [7, 11) is 0. The lowest BCUT2D eigenvalue weighted by atomic mass is 10.1. The monoisotopic (exact) mass is 286 g/mol. The molecule has 102 valence electrons. The minimum Gasteiger partial charge on any atom is -0.309 e. The minimum atomic E-state index is -0.373. The Morgan fingerprint density at radius 3 is 2.60 bits per heavy atom. The first-order valence-electron chi connectivity index (χ1n) is 6.45. The summed E-state index contributed by atoms with van der Waals surface area (Å²) in [5, 5.41) is 10.7. The van der Waals surface area contributed by atoms with Gasteiger partial charge < -0.3 is 4.31 Å². The van der Waals surface area contributed by atoms with Crippen LogP contribution in [0.5, 0.6) is 0 Å². The summed E-state index contributed by atoms with van der Waals surface area (Å²) in [6.45, 7) is 2.19. The normalized spacial score (nSPS) is 17.1. The molecule has 0 N–H and O–H groups in total. The fourth-order valence-electron chi connectivity index (χ4n) is 2.42. The van der Waals surface area contributed by atoms with E-state index in [1.54, 1.807) is 36.2 Å². The third kappa shape index (κ3) is 2.36. The van der Waals surface area contributed by atoms with E-state index in [9.17, 15) is 10.1 Å². The first kappa shape index (κ1) is 13.0. The predicted octanol–water partition coefficient (Wildman–Crippen LogP) is 4.05. The van der Waals surface area contributed by atoms with Crippen LogP contribution in [0.15, 0.2) is 53.4 Å². The molecule has 1 heterocycles. The van der Waals surface area contributed by atoms with Gasteiger partial charge >= 0.3 is 0 Å². The average Bonchev–Trinajstić information content (AvgIpc) is 2.76. The third-order valence-electron chi connectivity index (χ3n) is 3.40. The highest BCUT2D eigenvalue weighted by Crippen LogP contribution is 2.39. The van der Waals surface area contributed by atoms with Gasteiger partial charge in [0.15, 0.2) is 0 Å². The zero-order chi connectivity index (χ0) is 14.1. The summed E-state index contributed by atoms with van der Waals surface area (Å²) in [5.74, 6) is 0. The quantitative estimate of drug-likeness (QED) is 0.485. The molecule has 1 atom stereocenters. The number of nitrogens with zero attached hydrogens (tertiary/aromatic N) is 2. The summed E-state index contributed by atoms with van der Waals surface area (Å²) in [5.41, 5.74) is 2.72. The number of nitro groups is 1. The third-order valence-corrected chi connectivity index (χ3v) is 4.63. The van der Waals surface area contributed by atoms with Gasteiger partial charge in [0.2, 0.25) is 0 Å². The predicted molar refractivity (Wildman–Crippen MR) is 81.0 cm³/mol. The number of benzene rings is 2. The smallest absolute Gasteiger partial charge is 0.269 e. The molecule has 3 rings (SSSR count). The maximum atomic E-state index is 10.7. The fraction of sp³-hybridized carbons (Fsp3) is 0.200. The van der Waals surface area contributed by atoms with Crippen molar-refractivity contribution in [1.29, 1.82) is 0 Å². The van der Waals surface area contributed by atoms with Crippen molar-refractivity contribution in [3.05, 3.63) is 64.2 Å². The van der Waals surface area contributed by atoms with Gasteiger partial charge in [-0.25, -0.2) is 0 Å². The van der Waals surface area contributed by atoms with Crippen LogP contribution in [-0.2, 0) is 6.42 Å². The zero-order valence-electron chi connectivity index (χ0n) is 11.0. The van der Waals surface area contributed by atoms with Crippen LogP contribution in [0.2, 0.25) is 0 Å². The molecule has 0 unspecified atom stereocenters. The summed E-state index contributed by atoms with van der Waals surface area (Å²) >= 11 is 1.63. The summed E-state index contributed by atoms with van der Waals surface area (Å²) in [6, 6.07) is 15.5. The first-order valence-corrected chi connectivity index (χ1v) is 7.22. The molecule has 0 aliphatic carbocycles. The highest BCUT2D eigenvalue weighted by molar-refractivity contribution is 8.00. The number of hydrogen-bond acceptors (Lipinski definition) is 4. The second kappa shape index (κ2) is 5.17. The molecule has 0 saturated carbocycles. The number of anilines is 1. The van der Waals surface area contributed by atoms with Crippen molar-refractivity contribution in [1.82, 2.24) is 0 Å². The van der Waals surface area contributed by atoms with Crippen molar-refractivity contribution in [2.75, 3.05) is 4.31 Å². The van der Waals surface area contributed by atoms with Crippen molar-refractivity contribution >= 4 is 23.3 Å². The fourth-order valence-corrected chi connectivity index (χ4v) is 3.43. The summed E-state index contributed by atoms with van der Waals surface area (Å²) in [4.78, 5) is 11.3. The standard InChI is InChI=1S/C15H14N2O2S/c1-11-10-12-4-2-3-5-15(12)16(11)20-14-8-6-13(7-9-14)17(18)19/h2-9,11H,10H2,1H3/t11-/m0/s1. The zero-order valence-corrected chi connectivity index (χ0v) is 11.8. The van der Waals surface area contributed by atoms with E-state index in [1.165, 1.54) is 11.3 Å². The Morgan fingerprint density at radius 2 is 1.90 bits per heavy atom. The molecule has 20 heavy (non-hydrogen) atoms. The van der Waals surface area contributed by atoms with Crippen LogP contribution in [0.25, 0.3) is 0 Å². The molecule has 0 saturated heterocycles. The molecular formula is C15H14N2O2S. The van der Waals surface area contributed by atoms with Crippen LogP contribution in [-0.4, -0.2) is 11.0 Å². The van der Waals surface area contributed by atoms with E-state index in [-0.39, 0.29) is 10.6 Å². The molecule has 0 fully saturated rings. The van der Waals surface area contributed by atoms with E-state index in [4.69, 9.17) is 0 Å². The molecule has 1 aliphatic heterocycles. The Hall–Kier alpha value is -2.01. The van der Waals surface area contributed by atoms with E-state index in [0.717, 1.165) is 11.3 Å². The number of hydrogen-bond donors (Lipinski definition) is 0. The molecule has 1 aliphatic rings. The van der Waals surface area contributed by atoms with Gasteiger partial charge in [0.1, 0.15) is 0 Å². The highest BCUT2D eigenvalue weighted by Gasteiger charge is 2.26. The summed E-state index contributed by atoms with van der Waals surface area (Å²) in [6.07, 6.45) is 1.04. The average molecular weight is 286 g/mol. The number of fused-ring (bicyclic) bond motifs is 1.